The molecule has 108 valence electrons. The minimum Gasteiger partial charge on any atom is -0.462 e. The zero-order chi connectivity index (χ0) is 15.3. The van der Waals surface area contributed by atoms with E-state index in [-0.39, 0.29) is 17.9 Å². The molecule has 0 N–H and O–H groups in total. The lowest BCUT2D eigenvalue weighted by molar-refractivity contribution is -0.384. The van der Waals surface area contributed by atoms with Crippen LogP contribution in [0.5, 0.6) is 0 Å². The second kappa shape index (κ2) is 6.18. The summed E-state index contributed by atoms with van der Waals surface area (Å²) in [5.74, 6) is -1.49. The van der Waals surface area contributed by atoms with Crippen LogP contribution in [0.25, 0.3) is 6.08 Å². The van der Waals surface area contributed by atoms with Crippen LogP contribution >= 0.6 is 0 Å². The molecule has 0 aromatic heterocycles. The van der Waals surface area contributed by atoms with Gasteiger partial charge in [-0.25, -0.2) is 4.79 Å². The van der Waals surface area contributed by atoms with E-state index in [1.165, 1.54) is 6.92 Å². The summed E-state index contributed by atoms with van der Waals surface area (Å²) in [5, 5.41) is 10.4. The van der Waals surface area contributed by atoms with Gasteiger partial charge in [0.15, 0.2) is 0 Å². The van der Waals surface area contributed by atoms with Gasteiger partial charge < -0.3 is 4.74 Å². The Kier molecular flexibility index (Phi) is 4.84. The van der Waals surface area contributed by atoms with Crippen LogP contribution in [0.1, 0.15) is 12.5 Å². The van der Waals surface area contributed by atoms with Gasteiger partial charge >= 0.3 is 12.1 Å². The van der Waals surface area contributed by atoms with E-state index in [0.717, 1.165) is 24.3 Å². The van der Waals surface area contributed by atoms with Gasteiger partial charge in [0, 0.05) is 12.1 Å². The van der Waals surface area contributed by atoms with Crippen molar-refractivity contribution in [3.05, 3.63) is 45.5 Å². The minimum absolute atomic E-state index is 0.0102. The molecule has 0 aliphatic heterocycles. The molecule has 0 atom stereocenters. The van der Waals surface area contributed by atoms with Gasteiger partial charge in [0.25, 0.3) is 5.69 Å². The van der Waals surface area contributed by atoms with E-state index in [9.17, 15) is 28.1 Å². The van der Waals surface area contributed by atoms with Crippen molar-refractivity contribution < 1.29 is 27.6 Å². The lowest BCUT2D eigenvalue weighted by atomic mass is 10.1. The highest BCUT2D eigenvalue weighted by Gasteiger charge is 2.39. The summed E-state index contributed by atoms with van der Waals surface area (Å²) in [7, 11) is 0. The molecule has 1 rings (SSSR count). The average molecular weight is 289 g/mol. The zero-order valence-electron chi connectivity index (χ0n) is 10.3. The normalized spacial score (nSPS) is 12.1. The highest BCUT2D eigenvalue weighted by Crippen LogP contribution is 2.29. The number of benzene rings is 1. The predicted octanol–water partition coefficient (Wildman–Crippen LogP) is 3.10. The third kappa shape index (κ3) is 4.08. The molecule has 0 saturated heterocycles. The maximum absolute atomic E-state index is 12.7. The molecule has 0 heterocycles. The van der Waals surface area contributed by atoms with Crippen LogP contribution in [-0.2, 0) is 9.53 Å². The standard InChI is InChI=1S/C12H10F3NO4/c1-2-20-11(17)10(12(13,14)15)7-8-3-5-9(6-4-8)16(18)19/h3-7H,2H2,1H3/b10-7+. The van der Waals surface area contributed by atoms with Crippen LogP contribution in [0.3, 0.4) is 0 Å². The Morgan fingerprint density at radius 1 is 1.35 bits per heavy atom. The first-order valence-electron chi connectivity index (χ1n) is 5.46. The molecule has 0 spiro atoms. The molecule has 0 bridgehead atoms. The van der Waals surface area contributed by atoms with Gasteiger partial charge in [-0.2, -0.15) is 13.2 Å². The van der Waals surface area contributed by atoms with Crippen LogP contribution in [0.2, 0.25) is 0 Å². The van der Waals surface area contributed by atoms with E-state index < -0.39 is 22.6 Å². The molecule has 0 radical (unpaired) electrons. The van der Waals surface area contributed by atoms with E-state index in [4.69, 9.17) is 0 Å². The Labute approximate surface area is 111 Å². The molecule has 1 aromatic carbocycles. The fraction of sp³-hybridized carbons (Fsp3) is 0.250. The summed E-state index contributed by atoms with van der Waals surface area (Å²) in [6.07, 6.45) is -4.28. The Morgan fingerprint density at radius 2 is 1.90 bits per heavy atom. The lowest BCUT2D eigenvalue weighted by Gasteiger charge is -2.10. The molecule has 0 saturated carbocycles. The van der Waals surface area contributed by atoms with E-state index in [0.29, 0.717) is 6.08 Å². The summed E-state index contributed by atoms with van der Waals surface area (Å²) in [5.41, 5.74) is -1.71. The van der Waals surface area contributed by atoms with Crippen molar-refractivity contribution in [2.24, 2.45) is 0 Å². The summed E-state index contributed by atoms with van der Waals surface area (Å²) in [6, 6.07) is 4.32. The maximum Gasteiger partial charge on any atom is 0.423 e. The Hall–Kier alpha value is -2.38. The molecular formula is C12H10F3NO4. The van der Waals surface area contributed by atoms with Crippen molar-refractivity contribution >= 4 is 17.7 Å². The zero-order valence-corrected chi connectivity index (χ0v) is 10.3. The summed E-state index contributed by atoms with van der Waals surface area (Å²) in [4.78, 5) is 21.0. The first-order valence-corrected chi connectivity index (χ1v) is 5.46. The number of carbonyl (C=O) groups excluding carboxylic acids is 1. The van der Waals surface area contributed by atoms with E-state index in [2.05, 4.69) is 4.74 Å². The highest BCUT2D eigenvalue weighted by molar-refractivity contribution is 5.95. The molecule has 5 nitrogen and oxygen atoms in total. The Morgan fingerprint density at radius 3 is 2.30 bits per heavy atom. The second-order valence-electron chi connectivity index (χ2n) is 3.62. The van der Waals surface area contributed by atoms with Gasteiger partial charge in [-0.05, 0) is 30.7 Å². The third-order valence-electron chi connectivity index (χ3n) is 2.22. The monoisotopic (exact) mass is 289 g/mol. The Balaban J connectivity index is 3.13. The number of hydrogen-bond donors (Lipinski definition) is 0. The smallest absolute Gasteiger partial charge is 0.423 e. The van der Waals surface area contributed by atoms with E-state index >= 15 is 0 Å². The van der Waals surface area contributed by atoms with Crippen molar-refractivity contribution in [3.63, 3.8) is 0 Å². The van der Waals surface area contributed by atoms with Gasteiger partial charge in [0.1, 0.15) is 5.57 Å². The number of rotatable bonds is 4. The van der Waals surface area contributed by atoms with Gasteiger partial charge in [-0.15, -0.1) is 0 Å². The number of nitro groups is 1. The van der Waals surface area contributed by atoms with Gasteiger partial charge in [-0.1, -0.05) is 0 Å². The average Bonchev–Trinajstić information content (AvgIpc) is 2.35. The van der Waals surface area contributed by atoms with Crippen molar-refractivity contribution in [1.82, 2.24) is 0 Å². The molecule has 0 aliphatic rings. The second-order valence-corrected chi connectivity index (χ2v) is 3.62. The first-order chi connectivity index (χ1) is 9.25. The summed E-state index contributed by atoms with van der Waals surface area (Å²) in [6.45, 7) is 1.20. The molecule has 0 unspecified atom stereocenters. The van der Waals surface area contributed by atoms with Gasteiger partial charge in [0.05, 0.1) is 11.5 Å². The summed E-state index contributed by atoms with van der Waals surface area (Å²) < 4.78 is 42.5. The lowest BCUT2D eigenvalue weighted by Crippen LogP contribution is -2.22. The molecule has 20 heavy (non-hydrogen) atoms. The van der Waals surface area contributed by atoms with Crippen LogP contribution in [0.15, 0.2) is 29.8 Å². The van der Waals surface area contributed by atoms with Gasteiger partial charge in [-0.3, -0.25) is 10.1 Å². The fourth-order valence-corrected chi connectivity index (χ4v) is 1.32. The van der Waals surface area contributed by atoms with E-state index in [1.807, 2.05) is 0 Å². The summed E-state index contributed by atoms with van der Waals surface area (Å²) >= 11 is 0. The third-order valence-corrected chi connectivity index (χ3v) is 2.22. The number of alkyl halides is 3. The van der Waals surface area contributed by atoms with E-state index in [1.54, 1.807) is 0 Å². The largest absolute Gasteiger partial charge is 0.462 e. The van der Waals surface area contributed by atoms with Crippen LogP contribution in [-0.4, -0.2) is 23.7 Å². The molecule has 0 aliphatic carbocycles. The van der Waals surface area contributed by atoms with Crippen molar-refractivity contribution in [2.75, 3.05) is 6.61 Å². The van der Waals surface area contributed by atoms with Crippen LogP contribution < -0.4 is 0 Å². The molecule has 1 aromatic rings. The molecule has 0 fully saturated rings. The number of esters is 1. The minimum atomic E-state index is -4.87. The topological polar surface area (TPSA) is 69.4 Å². The van der Waals surface area contributed by atoms with Crippen LogP contribution in [0.4, 0.5) is 18.9 Å². The fourth-order valence-electron chi connectivity index (χ4n) is 1.32. The van der Waals surface area contributed by atoms with Crippen molar-refractivity contribution in [2.45, 2.75) is 13.1 Å². The first kappa shape index (κ1) is 15.7. The molecule has 8 heteroatoms. The van der Waals surface area contributed by atoms with Crippen molar-refractivity contribution in [3.8, 4) is 0 Å². The van der Waals surface area contributed by atoms with Gasteiger partial charge in [0.2, 0.25) is 0 Å². The van der Waals surface area contributed by atoms with Crippen molar-refractivity contribution in [1.29, 1.82) is 0 Å². The predicted molar refractivity (Wildman–Crippen MR) is 63.8 cm³/mol. The number of halogens is 3. The number of ether oxygens (including phenoxy) is 1. The number of nitro benzene ring substituents is 1. The number of non-ortho nitro benzene ring substituents is 1. The number of carbonyl (C=O) groups is 1. The molecular weight excluding hydrogens is 279 g/mol. The quantitative estimate of drug-likeness (QED) is 0.369. The van der Waals surface area contributed by atoms with Crippen LogP contribution in [0, 0.1) is 10.1 Å². The number of hydrogen-bond acceptors (Lipinski definition) is 4. The number of nitrogens with zero attached hydrogens (tertiary/aromatic N) is 1. The maximum atomic E-state index is 12.7. The Bertz CT molecular complexity index is 535. The molecule has 0 amide bonds. The highest BCUT2D eigenvalue weighted by atomic mass is 19.4. The SMILES string of the molecule is CCOC(=O)/C(=C\c1ccc([N+](=O)[O-])cc1)C(F)(F)F.